The number of nitrogens with zero attached hydrogens (tertiary/aromatic N) is 1. The number of rotatable bonds is 3. The van der Waals surface area contributed by atoms with E-state index in [2.05, 4.69) is 41.6 Å². The number of alkyl halides is 1. The van der Waals surface area contributed by atoms with Crippen LogP contribution in [0.15, 0.2) is 0 Å². The summed E-state index contributed by atoms with van der Waals surface area (Å²) in [4.78, 5) is 13.4. The van der Waals surface area contributed by atoms with Crippen LogP contribution in [-0.4, -0.2) is 42.4 Å². The topological polar surface area (TPSA) is 29.5 Å². The molecule has 16 heavy (non-hydrogen) atoms. The third kappa shape index (κ3) is 3.74. The van der Waals surface area contributed by atoms with Gasteiger partial charge in [-0.1, -0.05) is 36.7 Å². The van der Waals surface area contributed by atoms with Crippen LogP contribution in [0.5, 0.6) is 0 Å². The highest BCUT2D eigenvalue weighted by Crippen LogP contribution is 2.33. The molecule has 1 rings (SSSR count). The molecule has 0 spiro atoms. The summed E-state index contributed by atoms with van der Waals surface area (Å²) in [5.41, 5.74) is 0.363. The zero-order valence-electron chi connectivity index (χ0n) is 10.6. The normalized spacial score (nSPS) is 24.4. The van der Waals surface area contributed by atoms with Gasteiger partial charge in [0.15, 0.2) is 0 Å². The molecule has 0 radical (unpaired) electrons. The number of likely N-dealkylation sites (tertiary alicyclic amines) is 1. The Morgan fingerprint density at radius 1 is 1.56 bits per heavy atom. The Morgan fingerprint density at radius 3 is 2.62 bits per heavy atom. The average Bonchev–Trinajstić information content (AvgIpc) is 2.64. The van der Waals surface area contributed by atoms with Crippen molar-refractivity contribution in [2.75, 3.05) is 26.7 Å². The number of hydrogen-bond donors (Lipinski definition) is 0. The van der Waals surface area contributed by atoms with Crippen LogP contribution in [0.2, 0.25) is 0 Å². The lowest BCUT2D eigenvalue weighted by Crippen LogP contribution is -2.34. The Balaban J connectivity index is 2.40. The van der Waals surface area contributed by atoms with Gasteiger partial charge in [0.2, 0.25) is 0 Å². The van der Waals surface area contributed by atoms with E-state index in [-0.39, 0.29) is 10.8 Å². The Bertz CT molecular complexity index is 250. The Hall–Kier alpha value is -0.0900. The molecular formula is C12H22BrNO2. The van der Waals surface area contributed by atoms with Crippen molar-refractivity contribution in [1.29, 1.82) is 0 Å². The first-order chi connectivity index (χ1) is 7.34. The summed E-state index contributed by atoms with van der Waals surface area (Å²) in [7, 11) is 1.43. The number of carbonyl (C=O) groups is 1. The molecule has 1 saturated heterocycles. The SMILES string of the molecule is COC(=O)C(Br)CN1CCC(C(C)(C)C)C1. The van der Waals surface area contributed by atoms with Gasteiger partial charge in [-0.25, -0.2) is 0 Å². The van der Waals surface area contributed by atoms with Gasteiger partial charge in [0.1, 0.15) is 4.83 Å². The molecule has 0 bridgehead atoms. The molecule has 0 N–H and O–H groups in total. The lowest BCUT2D eigenvalue weighted by atomic mass is 9.80. The van der Waals surface area contributed by atoms with E-state index in [9.17, 15) is 4.79 Å². The summed E-state index contributed by atoms with van der Waals surface area (Å²) in [5, 5.41) is 0. The average molecular weight is 292 g/mol. The van der Waals surface area contributed by atoms with Crippen LogP contribution in [0.25, 0.3) is 0 Å². The molecule has 1 fully saturated rings. The molecule has 4 heteroatoms. The van der Waals surface area contributed by atoms with Gasteiger partial charge in [-0.05, 0) is 24.3 Å². The lowest BCUT2D eigenvalue weighted by molar-refractivity contribution is -0.140. The first-order valence-corrected chi connectivity index (χ1v) is 6.70. The van der Waals surface area contributed by atoms with Crippen molar-refractivity contribution in [2.24, 2.45) is 11.3 Å². The molecule has 1 aliphatic rings. The fourth-order valence-electron chi connectivity index (χ4n) is 2.13. The first-order valence-electron chi connectivity index (χ1n) is 5.79. The third-order valence-electron chi connectivity index (χ3n) is 3.37. The molecule has 0 aliphatic carbocycles. The number of halogens is 1. The fraction of sp³-hybridized carbons (Fsp3) is 0.917. The monoisotopic (exact) mass is 291 g/mol. The molecule has 0 amide bonds. The van der Waals surface area contributed by atoms with Crippen molar-refractivity contribution in [3.8, 4) is 0 Å². The molecule has 3 nitrogen and oxygen atoms in total. The summed E-state index contributed by atoms with van der Waals surface area (Å²) in [6.45, 7) is 9.77. The minimum absolute atomic E-state index is 0.181. The first kappa shape index (κ1) is 14.0. The maximum atomic E-state index is 11.3. The number of hydrogen-bond acceptors (Lipinski definition) is 3. The van der Waals surface area contributed by atoms with Crippen molar-refractivity contribution in [1.82, 2.24) is 4.90 Å². The van der Waals surface area contributed by atoms with Crippen LogP contribution >= 0.6 is 15.9 Å². The van der Waals surface area contributed by atoms with Gasteiger partial charge in [-0.15, -0.1) is 0 Å². The van der Waals surface area contributed by atoms with Crippen molar-refractivity contribution < 1.29 is 9.53 Å². The van der Waals surface area contributed by atoms with E-state index < -0.39 is 0 Å². The van der Waals surface area contributed by atoms with Gasteiger partial charge in [0.25, 0.3) is 0 Å². The van der Waals surface area contributed by atoms with E-state index in [1.165, 1.54) is 13.5 Å². The highest BCUT2D eigenvalue weighted by atomic mass is 79.9. The van der Waals surface area contributed by atoms with Crippen molar-refractivity contribution in [2.45, 2.75) is 32.0 Å². The molecule has 2 atom stereocenters. The predicted octanol–water partition coefficient (Wildman–Crippen LogP) is 2.29. The van der Waals surface area contributed by atoms with E-state index >= 15 is 0 Å². The Morgan fingerprint density at radius 2 is 2.19 bits per heavy atom. The molecule has 0 saturated carbocycles. The maximum Gasteiger partial charge on any atom is 0.320 e. The number of ether oxygens (including phenoxy) is 1. The zero-order valence-corrected chi connectivity index (χ0v) is 12.2. The molecule has 1 aliphatic heterocycles. The highest BCUT2D eigenvalue weighted by molar-refractivity contribution is 9.10. The van der Waals surface area contributed by atoms with Gasteiger partial charge in [-0.3, -0.25) is 4.79 Å². The van der Waals surface area contributed by atoms with E-state index in [1.807, 2.05) is 0 Å². The van der Waals surface area contributed by atoms with Crippen LogP contribution in [-0.2, 0) is 9.53 Å². The maximum absolute atomic E-state index is 11.3. The second-order valence-electron chi connectivity index (χ2n) is 5.60. The Kier molecular flexibility index (Phi) is 4.80. The lowest BCUT2D eigenvalue weighted by Gasteiger charge is -2.27. The summed E-state index contributed by atoms with van der Waals surface area (Å²) in [5.74, 6) is 0.545. The standard InChI is InChI=1S/C12H22BrNO2/c1-12(2,3)9-5-6-14(7-9)8-10(13)11(15)16-4/h9-10H,5-8H2,1-4H3. The number of carbonyl (C=O) groups excluding carboxylic acids is 1. The van der Waals surface area contributed by atoms with Gasteiger partial charge < -0.3 is 9.64 Å². The summed E-state index contributed by atoms with van der Waals surface area (Å²) in [6.07, 6.45) is 1.23. The van der Waals surface area contributed by atoms with Crippen molar-refractivity contribution in [3.05, 3.63) is 0 Å². The van der Waals surface area contributed by atoms with E-state index in [1.54, 1.807) is 0 Å². The largest absolute Gasteiger partial charge is 0.468 e. The van der Waals surface area contributed by atoms with Gasteiger partial charge in [0, 0.05) is 13.1 Å². The van der Waals surface area contributed by atoms with Crippen molar-refractivity contribution in [3.63, 3.8) is 0 Å². The fourth-order valence-corrected chi connectivity index (χ4v) is 2.73. The van der Waals surface area contributed by atoms with Crippen LogP contribution in [0, 0.1) is 11.3 Å². The molecular weight excluding hydrogens is 270 g/mol. The quantitative estimate of drug-likeness (QED) is 0.590. The second kappa shape index (κ2) is 5.50. The number of esters is 1. The zero-order chi connectivity index (χ0) is 12.3. The minimum Gasteiger partial charge on any atom is -0.468 e. The highest BCUT2D eigenvalue weighted by Gasteiger charge is 2.33. The summed E-state index contributed by atoms with van der Waals surface area (Å²) >= 11 is 3.37. The Labute approximate surface area is 107 Å². The molecule has 2 unspecified atom stereocenters. The van der Waals surface area contributed by atoms with Crippen LogP contribution in [0.3, 0.4) is 0 Å². The molecule has 0 aromatic carbocycles. The van der Waals surface area contributed by atoms with Crippen LogP contribution in [0.4, 0.5) is 0 Å². The van der Waals surface area contributed by atoms with E-state index in [0.717, 1.165) is 25.6 Å². The second-order valence-corrected chi connectivity index (χ2v) is 6.71. The molecule has 0 aromatic rings. The smallest absolute Gasteiger partial charge is 0.320 e. The molecule has 0 aromatic heterocycles. The van der Waals surface area contributed by atoms with Crippen LogP contribution < -0.4 is 0 Å². The van der Waals surface area contributed by atoms with Gasteiger partial charge in [0.05, 0.1) is 7.11 Å². The van der Waals surface area contributed by atoms with Gasteiger partial charge >= 0.3 is 5.97 Å². The third-order valence-corrected chi connectivity index (χ3v) is 4.04. The van der Waals surface area contributed by atoms with Crippen molar-refractivity contribution >= 4 is 21.9 Å². The molecule has 1 heterocycles. The predicted molar refractivity (Wildman–Crippen MR) is 68.7 cm³/mol. The van der Waals surface area contributed by atoms with Gasteiger partial charge in [-0.2, -0.15) is 0 Å². The van der Waals surface area contributed by atoms with E-state index in [0.29, 0.717) is 5.41 Å². The minimum atomic E-state index is -0.198. The summed E-state index contributed by atoms with van der Waals surface area (Å²) < 4.78 is 4.70. The van der Waals surface area contributed by atoms with E-state index in [4.69, 9.17) is 4.74 Å². The summed E-state index contributed by atoms with van der Waals surface area (Å²) in [6, 6.07) is 0. The van der Waals surface area contributed by atoms with Crippen LogP contribution in [0.1, 0.15) is 27.2 Å². The molecule has 94 valence electrons. The number of methoxy groups -OCH3 is 1.